The molecule has 35 heavy (non-hydrogen) atoms. The van der Waals surface area contributed by atoms with Crippen molar-refractivity contribution >= 4 is 22.3 Å². The Morgan fingerprint density at radius 3 is 2.34 bits per heavy atom. The molecule has 1 saturated heterocycles. The maximum atomic E-state index is 13.0. The molecule has 6 nitrogen and oxygen atoms in total. The van der Waals surface area contributed by atoms with Gasteiger partial charge in [0.05, 0.1) is 18.4 Å². The first-order valence-corrected chi connectivity index (χ1v) is 12.1. The summed E-state index contributed by atoms with van der Waals surface area (Å²) in [5.74, 6) is 1.56. The van der Waals surface area contributed by atoms with Crippen molar-refractivity contribution in [2.24, 2.45) is 0 Å². The molecular formula is C29H30N2O4. The van der Waals surface area contributed by atoms with Crippen LogP contribution in [0.2, 0.25) is 0 Å². The predicted molar refractivity (Wildman–Crippen MR) is 140 cm³/mol. The third-order valence-electron chi connectivity index (χ3n) is 6.44. The number of rotatable bonds is 8. The third kappa shape index (κ3) is 5.33. The molecule has 0 aliphatic carbocycles. The minimum Gasteiger partial charge on any atom is -0.497 e. The first-order chi connectivity index (χ1) is 17.2. The van der Waals surface area contributed by atoms with Crippen LogP contribution < -0.4 is 20.4 Å². The van der Waals surface area contributed by atoms with E-state index in [-0.39, 0.29) is 0 Å². The Bertz CT molecular complexity index is 1320. The maximum Gasteiger partial charge on any atom is 0.346 e. The molecule has 0 radical (unpaired) electrons. The molecule has 0 amide bonds. The van der Waals surface area contributed by atoms with E-state index in [4.69, 9.17) is 13.9 Å². The molecule has 1 aromatic heterocycles. The van der Waals surface area contributed by atoms with Gasteiger partial charge in [0.2, 0.25) is 0 Å². The first-order valence-electron chi connectivity index (χ1n) is 12.1. The number of piperidine rings is 1. The molecule has 2 heterocycles. The van der Waals surface area contributed by atoms with Gasteiger partial charge in [-0.1, -0.05) is 30.7 Å². The molecule has 6 heteroatoms. The van der Waals surface area contributed by atoms with Gasteiger partial charge in [-0.25, -0.2) is 4.79 Å². The zero-order chi connectivity index (χ0) is 24.0. The van der Waals surface area contributed by atoms with Crippen molar-refractivity contribution in [3.63, 3.8) is 0 Å². The van der Waals surface area contributed by atoms with Gasteiger partial charge in [0.1, 0.15) is 23.7 Å². The summed E-state index contributed by atoms with van der Waals surface area (Å²) in [4.78, 5) is 15.5. The van der Waals surface area contributed by atoms with E-state index in [2.05, 4.69) is 10.2 Å². The Kier molecular flexibility index (Phi) is 7.00. The summed E-state index contributed by atoms with van der Waals surface area (Å²) < 4.78 is 16.9. The molecule has 3 aromatic carbocycles. The van der Waals surface area contributed by atoms with Crippen LogP contribution in [-0.4, -0.2) is 38.3 Å². The fraction of sp³-hybridized carbons (Fsp3) is 0.276. The van der Waals surface area contributed by atoms with Crippen LogP contribution in [0.5, 0.6) is 11.5 Å². The monoisotopic (exact) mass is 470 g/mol. The minimum atomic E-state index is -0.394. The van der Waals surface area contributed by atoms with Gasteiger partial charge >= 0.3 is 5.63 Å². The van der Waals surface area contributed by atoms with Gasteiger partial charge < -0.3 is 19.2 Å². The number of hydrogen-bond acceptors (Lipinski definition) is 6. The smallest absolute Gasteiger partial charge is 0.346 e. The number of likely N-dealkylation sites (tertiary alicyclic amines) is 1. The molecule has 1 N–H and O–H groups in total. The van der Waals surface area contributed by atoms with Crippen LogP contribution in [0.1, 0.15) is 19.3 Å². The summed E-state index contributed by atoms with van der Waals surface area (Å²) >= 11 is 0. The Morgan fingerprint density at radius 1 is 0.886 bits per heavy atom. The molecule has 4 aromatic rings. The molecule has 0 unspecified atom stereocenters. The van der Waals surface area contributed by atoms with Gasteiger partial charge in [-0.05, 0) is 80.0 Å². The lowest BCUT2D eigenvalue weighted by Crippen LogP contribution is -2.33. The molecule has 0 saturated carbocycles. The SMILES string of the molecule is COc1ccc(-c2c(Nc3ccc(OCCN4CCCCC4)cc3)c3ccccc3oc2=O)cc1. The van der Waals surface area contributed by atoms with E-state index in [1.54, 1.807) is 13.2 Å². The van der Waals surface area contributed by atoms with Gasteiger partial charge in [0.25, 0.3) is 0 Å². The summed E-state index contributed by atoms with van der Waals surface area (Å²) in [6, 6.07) is 22.8. The quantitative estimate of drug-likeness (QED) is 0.315. The van der Waals surface area contributed by atoms with Gasteiger partial charge in [-0.15, -0.1) is 0 Å². The second-order valence-corrected chi connectivity index (χ2v) is 8.76. The number of anilines is 2. The number of para-hydroxylation sites is 1. The molecule has 0 atom stereocenters. The number of nitrogens with zero attached hydrogens (tertiary/aromatic N) is 1. The normalized spacial score (nSPS) is 14.1. The van der Waals surface area contributed by atoms with Crippen LogP contribution in [0.4, 0.5) is 11.4 Å². The fourth-order valence-electron chi connectivity index (χ4n) is 4.55. The van der Waals surface area contributed by atoms with Crippen LogP contribution >= 0.6 is 0 Å². The highest BCUT2D eigenvalue weighted by Gasteiger charge is 2.17. The molecule has 5 rings (SSSR count). The lowest BCUT2D eigenvalue weighted by atomic mass is 10.0. The van der Waals surface area contributed by atoms with Crippen molar-refractivity contribution in [2.45, 2.75) is 19.3 Å². The number of methoxy groups -OCH3 is 1. The largest absolute Gasteiger partial charge is 0.497 e. The van der Waals surface area contributed by atoms with E-state index in [1.165, 1.54) is 32.4 Å². The lowest BCUT2D eigenvalue weighted by Gasteiger charge is -2.26. The Balaban J connectivity index is 1.39. The van der Waals surface area contributed by atoms with Crippen LogP contribution in [0, 0.1) is 0 Å². The molecular weight excluding hydrogens is 440 g/mol. The first kappa shape index (κ1) is 23.0. The minimum absolute atomic E-state index is 0.394. The number of nitrogens with one attached hydrogen (secondary N) is 1. The van der Waals surface area contributed by atoms with Gasteiger partial charge in [-0.3, -0.25) is 4.90 Å². The summed E-state index contributed by atoms with van der Waals surface area (Å²) in [7, 11) is 1.62. The van der Waals surface area contributed by atoms with Crippen LogP contribution in [0.25, 0.3) is 22.1 Å². The Labute approximate surface area is 205 Å². The third-order valence-corrected chi connectivity index (χ3v) is 6.44. The average Bonchev–Trinajstić information content (AvgIpc) is 2.90. The van der Waals surface area contributed by atoms with E-state index >= 15 is 0 Å². The Morgan fingerprint density at radius 2 is 1.60 bits per heavy atom. The maximum absolute atomic E-state index is 13.0. The van der Waals surface area contributed by atoms with Crippen molar-refractivity contribution in [3.05, 3.63) is 83.2 Å². The molecule has 0 bridgehead atoms. The highest BCUT2D eigenvalue weighted by molar-refractivity contribution is 5.99. The lowest BCUT2D eigenvalue weighted by molar-refractivity contribution is 0.183. The molecule has 1 aliphatic heterocycles. The number of fused-ring (bicyclic) bond motifs is 1. The van der Waals surface area contributed by atoms with E-state index in [1.807, 2.05) is 66.7 Å². The standard InChI is InChI=1S/C29H30N2O4/c1-33-23-13-9-21(10-14-23)27-28(25-7-3-4-8-26(25)35-29(27)32)30-22-11-15-24(16-12-22)34-20-19-31-17-5-2-6-18-31/h3-4,7-16,30H,2,5-6,17-20H2,1H3. The van der Waals surface area contributed by atoms with E-state index < -0.39 is 5.63 Å². The summed E-state index contributed by atoms with van der Waals surface area (Å²) in [5, 5.41) is 4.30. The fourth-order valence-corrected chi connectivity index (χ4v) is 4.55. The second-order valence-electron chi connectivity index (χ2n) is 8.76. The number of hydrogen-bond donors (Lipinski definition) is 1. The average molecular weight is 471 g/mol. The van der Waals surface area contributed by atoms with E-state index in [9.17, 15) is 4.79 Å². The summed E-state index contributed by atoms with van der Waals surface area (Å²) in [5.41, 5.74) is 2.95. The van der Waals surface area contributed by atoms with Crippen molar-refractivity contribution in [3.8, 4) is 22.6 Å². The molecule has 1 fully saturated rings. The topological polar surface area (TPSA) is 63.9 Å². The molecule has 0 spiro atoms. The molecule has 1 aliphatic rings. The second kappa shape index (κ2) is 10.7. The summed E-state index contributed by atoms with van der Waals surface area (Å²) in [6.07, 6.45) is 3.90. The highest BCUT2D eigenvalue weighted by Crippen LogP contribution is 2.35. The van der Waals surface area contributed by atoms with E-state index in [0.717, 1.165) is 34.7 Å². The molecule has 180 valence electrons. The van der Waals surface area contributed by atoms with Crippen LogP contribution in [0.3, 0.4) is 0 Å². The van der Waals surface area contributed by atoms with Crippen LogP contribution in [-0.2, 0) is 0 Å². The predicted octanol–water partition coefficient (Wildman–Crippen LogP) is 6.08. The highest BCUT2D eigenvalue weighted by atomic mass is 16.5. The van der Waals surface area contributed by atoms with Crippen molar-refractivity contribution in [1.29, 1.82) is 0 Å². The van der Waals surface area contributed by atoms with Gasteiger partial charge in [0.15, 0.2) is 0 Å². The Hall–Kier alpha value is -3.77. The zero-order valence-electron chi connectivity index (χ0n) is 20.0. The van der Waals surface area contributed by atoms with E-state index in [0.29, 0.717) is 23.4 Å². The van der Waals surface area contributed by atoms with Gasteiger partial charge in [-0.2, -0.15) is 0 Å². The number of ether oxygens (including phenoxy) is 2. The zero-order valence-corrected chi connectivity index (χ0v) is 20.0. The van der Waals surface area contributed by atoms with Gasteiger partial charge in [0, 0.05) is 17.6 Å². The van der Waals surface area contributed by atoms with Crippen molar-refractivity contribution < 1.29 is 13.9 Å². The number of benzene rings is 3. The van der Waals surface area contributed by atoms with Crippen molar-refractivity contribution in [2.75, 3.05) is 38.7 Å². The van der Waals surface area contributed by atoms with Crippen molar-refractivity contribution in [1.82, 2.24) is 4.90 Å². The summed E-state index contributed by atoms with van der Waals surface area (Å²) in [6.45, 7) is 3.97. The van der Waals surface area contributed by atoms with Crippen LogP contribution in [0.15, 0.2) is 82.0 Å².